The molecule has 0 aromatic carbocycles. The normalized spacial score (nSPS) is 16.7. The number of carbonyl (C=O) groups is 1. The largest absolute Gasteiger partial charge is 0.355 e. The van der Waals surface area contributed by atoms with Crippen molar-refractivity contribution in [1.29, 1.82) is 0 Å². The lowest BCUT2D eigenvalue weighted by atomic mass is 10.0. The molecule has 0 heterocycles. The van der Waals surface area contributed by atoms with Gasteiger partial charge in [0.05, 0.1) is 6.54 Å². The number of nitrogens with two attached hydrogens (primary N) is 1. The minimum Gasteiger partial charge on any atom is -0.355 e. The van der Waals surface area contributed by atoms with E-state index in [0.717, 1.165) is 18.9 Å². The summed E-state index contributed by atoms with van der Waals surface area (Å²) in [6, 6.07) is 0. The second-order valence-electron chi connectivity index (χ2n) is 3.49. The van der Waals surface area contributed by atoms with Gasteiger partial charge in [-0.1, -0.05) is 25.7 Å². The number of amides is 1. The molecule has 3 nitrogen and oxygen atoms in total. The summed E-state index contributed by atoms with van der Waals surface area (Å²) in [5.74, 6) is 0.816. The minimum absolute atomic E-state index is 0. The molecule has 1 saturated carbocycles. The molecule has 0 aromatic heterocycles. The molecule has 1 aliphatic carbocycles. The summed E-state index contributed by atoms with van der Waals surface area (Å²) in [5, 5.41) is 2.80. The van der Waals surface area contributed by atoms with Gasteiger partial charge < -0.3 is 11.1 Å². The van der Waals surface area contributed by atoms with Crippen molar-refractivity contribution in [2.75, 3.05) is 13.1 Å². The van der Waals surface area contributed by atoms with Crippen molar-refractivity contribution in [3.05, 3.63) is 0 Å². The van der Waals surface area contributed by atoms with E-state index in [-0.39, 0.29) is 24.9 Å². The smallest absolute Gasteiger partial charge is 0.233 e. The molecule has 3 N–H and O–H groups in total. The van der Waals surface area contributed by atoms with Crippen LogP contribution in [0, 0.1) is 5.92 Å². The van der Waals surface area contributed by atoms with Crippen molar-refractivity contribution in [3.8, 4) is 0 Å². The van der Waals surface area contributed by atoms with Crippen molar-refractivity contribution in [3.63, 3.8) is 0 Å². The first kappa shape index (κ1) is 12.7. The zero-order valence-corrected chi connectivity index (χ0v) is 8.74. The van der Waals surface area contributed by atoms with Gasteiger partial charge in [0.2, 0.25) is 5.91 Å². The van der Waals surface area contributed by atoms with E-state index in [4.69, 9.17) is 5.73 Å². The number of carbonyl (C=O) groups excluding carboxylic acids is 1. The zero-order valence-electron chi connectivity index (χ0n) is 7.92. The Hall–Kier alpha value is -0.280. The van der Waals surface area contributed by atoms with Gasteiger partial charge in [-0.3, -0.25) is 4.79 Å². The predicted molar refractivity (Wildman–Crippen MR) is 55.9 cm³/mol. The first-order chi connectivity index (χ1) is 5.83. The van der Waals surface area contributed by atoms with E-state index in [9.17, 15) is 4.79 Å². The van der Waals surface area contributed by atoms with Gasteiger partial charge in [0.15, 0.2) is 0 Å². The topological polar surface area (TPSA) is 55.1 Å². The molecule has 0 aliphatic heterocycles. The molecule has 0 bridgehead atoms. The minimum atomic E-state index is -0.0343. The molecule has 13 heavy (non-hydrogen) atoms. The van der Waals surface area contributed by atoms with Gasteiger partial charge in [-0.25, -0.2) is 0 Å². The van der Waals surface area contributed by atoms with E-state index in [2.05, 4.69) is 5.32 Å². The van der Waals surface area contributed by atoms with Crippen LogP contribution in [0.25, 0.3) is 0 Å². The number of halogens is 1. The lowest BCUT2D eigenvalue weighted by Crippen LogP contribution is -2.31. The molecule has 1 aliphatic rings. The fraction of sp³-hybridized carbons (Fsp3) is 0.889. The van der Waals surface area contributed by atoms with Gasteiger partial charge >= 0.3 is 0 Å². The van der Waals surface area contributed by atoms with Crippen LogP contribution >= 0.6 is 12.4 Å². The van der Waals surface area contributed by atoms with Gasteiger partial charge in [0.25, 0.3) is 0 Å². The van der Waals surface area contributed by atoms with Gasteiger partial charge in [-0.15, -0.1) is 12.4 Å². The van der Waals surface area contributed by atoms with Crippen LogP contribution in [-0.4, -0.2) is 19.0 Å². The summed E-state index contributed by atoms with van der Waals surface area (Å²) in [6.45, 7) is 0.922. The molecular weight excluding hydrogens is 188 g/mol. The van der Waals surface area contributed by atoms with Crippen molar-refractivity contribution in [2.45, 2.75) is 32.1 Å². The summed E-state index contributed by atoms with van der Waals surface area (Å²) in [5.41, 5.74) is 5.15. The Balaban J connectivity index is 0.00000144. The summed E-state index contributed by atoms with van der Waals surface area (Å²) >= 11 is 0. The Labute approximate surface area is 85.9 Å². The Morgan fingerprint density at radius 1 is 1.38 bits per heavy atom. The summed E-state index contributed by atoms with van der Waals surface area (Å²) in [7, 11) is 0. The van der Waals surface area contributed by atoms with E-state index < -0.39 is 0 Å². The molecule has 1 amide bonds. The summed E-state index contributed by atoms with van der Waals surface area (Å²) in [6.07, 6.45) is 6.56. The molecular formula is C9H19ClN2O. The van der Waals surface area contributed by atoms with Crippen molar-refractivity contribution < 1.29 is 4.79 Å². The predicted octanol–water partition coefficient (Wildman–Crippen LogP) is 1.06. The van der Waals surface area contributed by atoms with Crippen molar-refractivity contribution in [1.82, 2.24) is 5.32 Å². The van der Waals surface area contributed by atoms with Crippen LogP contribution in [0.4, 0.5) is 0 Å². The first-order valence-electron chi connectivity index (χ1n) is 4.79. The third kappa shape index (κ3) is 5.11. The molecule has 0 spiro atoms. The Kier molecular flexibility index (Phi) is 7.00. The van der Waals surface area contributed by atoms with Crippen LogP contribution in [0.15, 0.2) is 0 Å². The monoisotopic (exact) mass is 206 g/mol. The fourth-order valence-corrected chi connectivity index (χ4v) is 1.79. The van der Waals surface area contributed by atoms with Crippen LogP contribution in [0.5, 0.6) is 0 Å². The highest BCUT2D eigenvalue weighted by atomic mass is 35.5. The number of rotatable bonds is 4. The summed E-state index contributed by atoms with van der Waals surface area (Å²) in [4.78, 5) is 10.7. The maximum Gasteiger partial charge on any atom is 0.233 e. The van der Waals surface area contributed by atoms with E-state index in [1.165, 1.54) is 25.7 Å². The number of hydrogen-bond acceptors (Lipinski definition) is 2. The highest BCUT2D eigenvalue weighted by Crippen LogP contribution is 2.26. The highest BCUT2D eigenvalue weighted by Gasteiger charge is 2.14. The van der Waals surface area contributed by atoms with E-state index in [1.807, 2.05) is 0 Å². The third-order valence-electron chi connectivity index (χ3n) is 2.53. The average molecular weight is 207 g/mol. The van der Waals surface area contributed by atoms with E-state index in [1.54, 1.807) is 0 Å². The van der Waals surface area contributed by atoms with Crippen LogP contribution in [0.1, 0.15) is 32.1 Å². The molecule has 0 unspecified atom stereocenters. The maximum absolute atomic E-state index is 10.7. The van der Waals surface area contributed by atoms with Crippen LogP contribution in [0.2, 0.25) is 0 Å². The number of nitrogens with one attached hydrogen (secondary N) is 1. The average Bonchev–Trinajstić information content (AvgIpc) is 2.57. The molecule has 4 heteroatoms. The van der Waals surface area contributed by atoms with Crippen molar-refractivity contribution >= 4 is 18.3 Å². The standard InChI is InChI=1S/C9H18N2O.ClH/c10-7-9(12)11-6-5-8-3-1-2-4-8;/h8H,1-7,10H2,(H,11,12);1H. The molecule has 0 aromatic rings. The lowest BCUT2D eigenvalue weighted by molar-refractivity contribution is -0.119. The second kappa shape index (κ2) is 7.15. The van der Waals surface area contributed by atoms with Gasteiger partial charge in [0, 0.05) is 6.54 Å². The van der Waals surface area contributed by atoms with Crippen molar-refractivity contribution in [2.24, 2.45) is 11.7 Å². The third-order valence-corrected chi connectivity index (χ3v) is 2.53. The second-order valence-corrected chi connectivity index (χ2v) is 3.49. The lowest BCUT2D eigenvalue weighted by Gasteiger charge is -2.08. The van der Waals surface area contributed by atoms with Gasteiger partial charge in [0.1, 0.15) is 0 Å². The molecule has 1 fully saturated rings. The quantitative estimate of drug-likeness (QED) is 0.723. The molecule has 78 valence electrons. The molecule has 0 atom stereocenters. The van der Waals surface area contributed by atoms with Gasteiger partial charge in [-0.05, 0) is 12.3 Å². The Morgan fingerprint density at radius 3 is 2.54 bits per heavy atom. The molecule has 0 saturated heterocycles. The van der Waals surface area contributed by atoms with Crippen LogP contribution in [0.3, 0.4) is 0 Å². The zero-order chi connectivity index (χ0) is 8.81. The Morgan fingerprint density at radius 2 is 2.00 bits per heavy atom. The van der Waals surface area contributed by atoms with Crippen LogP contribution < -0.4 is 11.1 Å². The SMILES string of the molecule is Cl.NCC(=O)NCCC1CCCC1. The summed E-state index contributed by atoms with van der Waals surface area (Å²) < 4.78 is 0. The van der Waals surface area contributed by atoms with E-state index >= 15 is 0 Å². The number of hydrogen-bond donors (Lipinski definition) is 2. The van der Waals surface area contributed by atoms with E-state index in [0.29, 0.717) is 0 Å². The molecule has 0 radical (unpaired) electrons. The van der Waals surface area contributed by atoms with Gasteiger partial charge in [-0.2, -0.15) is 0 Å². The Bertz CT molecular complexity index is 147. The fourth-order valence-electron chi connectivity index (χ4n) is 1.79. The highest BCUT2D eigenvalue weighted by molar-refractivity contribution is 5.85. The van der Waals surface area contributed by atoms with Crippen LogP contribution in [-0.2, 0) is 4.79 Å². The molecule has 1 rings (SSSR count). The first-order valence-corrected chi connectivity index (χ1v) is 4.79. The maximum atomic E-state index is 10.7.